The summed E-state index contributed by atoms with van der Waals surface area (Å²) in [5, 5.41) is 8.77. The smallest absolute Gasteiger partial charge is 0.125 e. The molecule has 0 aliphatic carbocycles. The molecular weight excluding hydrogens is 186 g/mol. The van der Waals surface area contributed by atoms with Crippen molar-refractivity contribution in [2.45, 2.75) is 19.8 Å². The van der Waals surface area contributed by atoms with E-state index in [0.717, 1.165) is 5.69 Å². The topological polar surface area (TPSA) is 49.6 Å². The predicted molar refractivity (Wildman–Crippen MR) is 50.6 cm³/mol. The van der Waals surface area contributed by atoms with Gasteiger partial charge in [0.25, 0.3) is 0 Å². The highest BCUT2D eigenvalue weighted by atomic mass is 35.5. The van der Waals surface area contributed by atoms with Gasteiger partial charge in [0.05, 0.1) is 11.8 Å². The molecule has 3 nitrogen and oxygen atoms in total. The van der Waals surface area contributed by atoms with Crippen LogP contribution >= 0.6 is 11.6 Å². The molecule has 13 heavy (non-hydrogen) atoms. The van der Waals surface area contributed by atoms with Crippen LogP contribution in [0, 0.1) is 25.2 Å². The van der Waals surface area contributed by atoms with Gasteiger partial charge < -0.3 is 0 Å². The molecule has 4 heteroatoms. The Morgan fingerprint density at radius 1 is 1.54 bits per heavy atom. The lowest BCUT2D eigenvalue weighted by molar-refractivity contribution is 0.871. The van der Waals surface area contributed by atoms with Crippen LogP contribution in [0.5, 0.6) is 0 Å². The van der Waals surface area contributed by atoms with Crippen LogP contribution in [0.15, 0.2) is 6.07 Å². The predicted octanol–water partition coefficient (Wildman–Crippen LogP) is 1.94. The molecule has 0 bridgehead atoms. The van der Waals surface area contributed by atoms with Crippen LogP contribution in [-0.2, 0) is 0 Å². The molecule has 68 valence electrons. The molecule has 0 spiro atoms. The normalized spacial score (nSPS) is 12.2. The number of nitrogens with zero attached hydrogens (tertiary/aromatic N) is 3. The van der Waals surface area contributed by atoms with Gasteiger partial charge in [0, 0.05) is 11.6 Å². The average molecular weight is 196 g/mol. The maximum absolute atomic E-state index is 8.77. The lowest BCUT2D eigenvalue weighted by Crippen LogP contribution is -2.04. The molecule has 1 atom stereocenters. The molecule has 0 fully saturated rings. The number of rotatable bonds is 2. The van der Waals surface area contributed by atoms with Gasteiger partial charge in [-0.1, -0.05) is 0 Å². The van der Waals surface area contributed by atoms with E-state index in [9.17, 15) is 0 Å². The van der Waals surface area contributed by atoms with E-state index in [1.165, 1.54) is 0 Å². The fourth-order valence-corrected chi connectivity index (χ4v) is 1.33. The molecule has 0 saturated heterocycles. The van der Waals surface area contributed by atoms with Crippen molar-refractivity contribution < 1.29 is 0 Å². The number of hydrogen-bond donors (Lipinski definition) is 0. The molecule has 1 rings (SSSR count). The van der Waals surface area contributed by atoms with Crippen LogP contribution in [-0.4, -0.2) is 15.8 Å². The van der Waals surface area contributed by atoms with Crippen molar-refractivity contribution >= 4 is 11.6 Å². The van der Waals surface area contributed by atoms with Gasteiger partial charge in [0.2, 0.25) is 0 Å². The summed E-state index contributed by atoms with van der Waals surface area (Å²) in [5.41, 5.74) is 1.58. The van der Waals surface area contributed by atoms with Gasteiger partial charge in [-0.15, -0.1) is 11.6 Å². The van der Waals surface area contributed by atoms with Crippen molar-refractivity contribution in [1.82, 2.24) is 9.97 Å². The Morgan fingerprint density at radius 3 is 2.69 bits per heavy atom. The van der Waals surface area contributed by atoms with Gasteiger partial charge in [-0.05, 0) is 19.9 Å². The van der Waals surface area contributed by atoms with Gasteiger partial charge in [-0.3, -0.25) is 0 Å². The second-order valence-corrected chi connectivity index (χ2v) is 3.13. The number of halogens is 1. The van der Waals surface area contributed by atoms with E-state index in [1.807, 2.05) is 6.92 Å². The molecule has 0 amide bonds. The van der Waals surface area contributed by atoms with Crippen LogP contribution in [0.25, 0.3) is 0 Å². The Balaban J connectivity index is 3.08. The average Bonchev–Trinajstić information content (AvgIpc) is 2.04. The number of hydrogen-bond acceptors (Lipinski definition) is 3. The van der Waals surface area contributed by atoms with Crippen molar-refractivity contribution in [1.29, 1.82) is 5.26 Å². The summed E-state index contributed by atoms with van der Waals surface area (Å²) in [6.45, 7) is 3.68. The summed E-state index contributed by atoms with van der Waals surface area (Å²) in [6.07, 6.45) is 0. The number of alkyl halides is 1. The first-order valence-electron chi connectivity index (χ1n) is 3.95. The monoisotopic (exact) mass is 195 g/mol. The maximum Gasteiger partial charge on any atom is 0.125 e. The highest BCUT2D eigenvalue weighted by molar-refractivity contribution is 6.18. The Kier molecular flexibility index (Phi) is 3.21. The minimum atomic E-state index is -0.331. The van der Waals surface area contributed by atoms with E-state index >= 15 is 0 Å². The number of aryl methyl sites for hydroxylation is 2. The highest BCUT2D eigenvalue weighted by Gasteiger charge is 2.11. The Labute approximate surface area is 82.4 Å². The molecule has 1 heterocycles. The van der Waals surface area contributed by atoms with Crippen molar-refractivity contribution in [3.05, 3.63) is 23.3 Å². The van der Waals surface area contributed by atoms with Gasteiger partial charge in [0.1, 0.15) is 11.7 Å². The molecule has 0 aromatic carbocycles. The van der Waals surface area contributed by atoms with Gasteiger partial charge in [-0.25, -0.2) is 9.97 Å². The second-order valence-electron chi connectivity index (χ2n) is 2.82. The van der Waals surface area contributed by atoms with Gasteiger partial charge in [-0.2, -0.15) is 5.26 Å². The molecule has 0 aliphatic rings. The summed E-state index contributed by atoms with van der Waals surface area (Å²) in [7, 11) is 0. The first kappa shape index (κ1) is 9.94. The Morgan fingerprint density at radius 2 is 2.23 bits per heavy atom. The molecule has 1 aromatic heterocycles. The SMILES string of the molecule is Cc1cc(C(C#N)CCl)nc(C)n1. The van der Waals surface area contributed by atoms with Crippen molar-refractivity contribution in [3.8, 4) is 6.07 Å². The minimum Gasteiger partial charge on any atom is -0.239 e. The third-order valence-electron chi connectivity index (χ3n) is 1.65. The minimum absolute atomic E-state index is 0.270. The van der Waals surface area contributed by atoms with Crippen molar-refractivity contribution in [2.75, 3.05) is 5.88 Å². The Bertz CT molecular complexity index is 323. The largest absolute Gasteiger partial charge is 0.239 e. The van der Waals surface area contributed by atoms with Crippen LogP contribution < -0.4 is 0 Å². The van der Waals surface area contributed by atoms with E-state index < -0.39 is 0 Å². The Hall–Kier alpha value is -1.14. The fourth-order valence-electron chi connectivity index (χ4n) is 1.10. The maximum atomic E-state index is 8.77. The zero-order valence-corrected chi connectivity index (χ0v) is 8.34. The van der Waals surface area contributed by atoms with Crippen LogP contribution in [0.2, 0.25) is 0 Å². The molecule has 1 unspecified atom stereocenters. The van der Waals surface area contributed by atoms with E-state index in [0.29, 0.717) is 11.5 Å². The zero-order valence-electron chi connectivity index (χ0n) is 7.58. The van der Waals surface area contributed by atoms with E-state index in [-0.39, 0.29) is 11.8 Å². The summed E-state index contributed by atoms with van der Waals surface area (Å²) < 4.78 is 0. The zero-order chi connectivity index (χ0) is 9.84. The fraction of sp³-hybridized carbons (Fsp3) is 0.444. The summed E-state index contributed by atoms with van der Waals surface area (Å²) in [5.74, 6) is 0.620. The third kappa shape index (κ3) is 2.40. The molecule has 1 aromatic rings. The molecular formula is C9H10ClN3. The molecule has 0 radical (unpaired) electrons. The number of aromatic nitrogens is 2. The first-order chi connectivity index (χ1) is 6.17. The summed E-state index contributed by atoms with van der Waals surface area (Å²) in [4.78, 5) is 8.28. The molecule has 0 N–H and O–H groups in total. The standard InChI is InChI=1S/C9H10ClN3/c1-6-3-9(8(4-10)5-11)13-7(2)12-6/h3,8H,4H2,1-2H3. The van der Waals surface area contributed by atoms with Crippen LogP contribution in [0.1, 0.15) is 23.1 Å². The van der Waals surface area contributed by atoms with Crippen LogP contribution in [0.4, 0.5) is 0 Å². The summed E-state index contributed by atoms with van der Waals surface area (Å²) >= 11 is 5.62. The van der Waals surface area contributed by atoms with Gasteiger partial charge >= 0.3 is 0 Å². The molecule has 0 aliphatic heterocycles. The lowest BCUT2D eigenvalue weighted by atomic mass is 10.1. The van der Waals surface area contributed by atoms with E-state index in [4.69, 9.17) is 16.9 Å². The summed E-state index contributed by atoms with van der Waals surface area (Å²) in [6, 6.07) is 3.90. The highest BCUT2D eigenvalue weighted by Crippen LogP contribution is 2.14. The van der Waals surface area contributed by atoms with Crippen molar-refractivity contribution in [2.24, 2.45) is 0 Å². The second kappa shape index (κ2) is 4.20. The quantitative estimate of drug-likeness (QED) is 0.678. The first-order valence-corrected chi connectivity index (χ1v) is 4.48. The van der Waals surface area contributed by atoms with Gasteiger partial charge in [0.15, 0.2) is 0 Å². The van der Waals surface area contributed by atoms with E-state index in [1.54, 1.807) is 13.0 Å². The van der Waals surface area contributed by atoms with E-state index in [2.05, 4.69) is 16.0 Å². The third-order valence-corrected chi connectivity index (χ3v) is 1.96. The lowest BCUT2D eigenvalue weighted by Gasteiger charge is -2.05. The number of nitriles is 1. The molecule has 0 saturated carbocycles. The van der Waals surface area contributed by atoms with Crippen molar-refractivity contribution in [3.63, 3.8) is 0 Å². The van der Waals surface area contributed by atoms with Crippen LogP contribution in [0.3, 0.4) is 0 Å².